The highest BCUT2D eigenvalue weighted by molar-refractivity contribution is 5.98. The largest absolute Gasteiger partial charge is 0.334 e. The van der Waals surface area contributed by atoms with Crippen LogP contribution < -0.4 is 5.32 Å². The van der Waals surface area contributed by atoms with Gasteiger partial charge in [0.25, 0.3) is 0 Å². The van der Waals surface area contributed by atoms with Crippen molar-refractivity contribution in [2.45, 2.75) is 39.8 Å². The van der Waals surface area contributed by atoms with E-state index in [0.717, 1.165) is 0 Å². The fourth-order valence-corrected chi connectivity index (χ4v) is 1.41. The topological polar surface area (TPSA) is 49.4 Å². The van der Waals surface area contributed by atoms with Crippen LogP contribution in [0.3, 0.4) is 0 Å². The van der Waals surface area contributed by atoms with Gasteiger partial charge < -0.3 is 5.32 Å². The van der Waals surface area contributed by atoms with Crippen LogP contribution in [0.1, 0.15) is 27.7 Å². The Morgan fingerprint density at radius 3 is 2.31 bits per heavy atom. The van der Waals surface area contributed by atoms with E-state index in [4.69, 9.17) is 0 Å². The summed E-state index contributed by atoms with van der Waals surface area (Å²) >= 11 is 0. The molecule has 2 atom stereocenters. The van der Waals surface area contributed by atoms with Crippen LogP contribution in [-0.4, -0.2) is 28.9 Å². The highest BCUT2D eigenvalue weighted by Crippen LogP contribution is 2.16. The molecule has 0 aromatic rings. The van der Waals surface area contributed by atoms with E-state index < -0.39 is 0 Å². The Bertz CT molecular complexity index is 238. The van der Waals surface area contributed by atoms with Crippen molar-refractivity contribution >= 4 is 11.9 Å². The van der Waals surface area contributed by atoms with Gasteiger partial charge in [-0.1, -0.05) is 6.92 Å². The Hall–Kier alpha value is -1.06. The molecule has 2 unspecified atom stereocenters. The summed E-state index contributed by atoms with van der Waals surface area (Å²) in [5, 5.41) is 2.76. The summed E-state index contributed by atoms with van der Waals surface area (Å²) in [6, 6.07) is -0.400. The predicted molar refractivity (Wildman–Crippen MR) is 49.1 cm³/mol. The van der Waals surface area contributed by atoms with E-state index in [9.17, 15) is 9.59 Å². The second-order valence-electron chi connectivity index (χ2n) is 3.83. The van der Waals surface area contributed by atoms with Gasteiger partial charge in [0.2, 0.25) is 5.91 Å². The van der Waals surface area contributed by atoms with Crippen molar-refractivity contribution in [2.24, 2.45) is 5.92 Å². The van der Waals surface area contributed by atoms with E-state index in [1.54, 1.807) is 0 Å². The molecule has 0 aromatic heterocycles. The standard InChI is InChI=1S/C9H16N2O2/c1-5(2)11-8(12)6(3)7(4)10-9(11)13/h5-7H,1-4H3,(H,10,13). The third-order valence-corrected chi connectivity index (χ3v) is 2.46. The fourth-order valence-electron chi connectivity index (χ4n) is 1.41. The molecular weight excluding hydrogens is 168 g/mol. The van der Waals surface area contributed by atoms with Crippen LogP contribution in [-0.2, 0) is 4.79 Å². The molecule has 0 aliphatic carbocycles. The van der Waals surface area contributed by atoms with Gasteiger partial charge in [-0.05, 0) is 20.8 Å². The molecule has 0 bridgehead atoms. The molecule has 1 aliphatic heterocycles. The molecule has 0 radical (unpaired) electrons. The maximum Gasteiger partial charge on any atom is 0.324 e. The first-order valence-electron chi connectivity index (χ1n) is 4.58. The van der Waals surface area contributed by atoms with Crippen LogP contribution in [0.25, 0.3) is 0 Å². The van der Waals surface area contributed by atoms with Crippen molar-refractivity contribution in [1.29, 1.82) is 0 Å². The summed E-state index contributed by atoms with van der Waals surface area (Å²) in [6.45, 7) is 7.35. The number of hydrogen-bond acceptors (Lipinski definition) is 2. The molecule has 4 heteroatoms. The van der Waals surface area contributed by atoms with Gasteiger partial charge in [-0.2, -0.15) is 0 Å². The highest BCUT2D eigenvalue weighted by Gasteiger charge is 2.37. The molecule has 0 aromatic carbocycles. The number of nitrogens with zero attached hydrogens (tertiary/aromatic N) is 1. The van der Waals surface area contributed by atoms with Crippen LogP contribution in [0.2, 0.25) is 0 Å². The third-order valence-electron chi connectivity index (χ3n) is 2.46. The number of imide groups is 1. The first-order chi connectivity index (χ1) is 5.95. The molecule has 3 amide bonds. The van der Waals surface area contributed by atoms with Crippen LogP contribution >= 0.6 is 0 Å². The molecule has 1 N–H and O–H groups in total. The van der Waals surface area contributed by atoms with Crippen molar-refractivity contribution in [2.75, 3.05) is 0 Å². The van der Waals surface area contributed by atoms with Crippen LogP contribution in [0, 0.1) is 5.92 Å². The normalized spacial score (nSPS) is 29.5. The van der Waals surface area contributed by atoms with Gasteiger partial charge in [-0.25, -0.2) is 4.79 Å². The summed E-state index contributed by atoms with van der Waals surface area (Å²) in [6.07, 6.45) is 0. The quantitative estimate of drug-likeness (QED) is 0.660. The molecule has 13 heavy (non-hydrogen) atoms. The Balaban J connectivity index is 2.86. The number of carbonyl (C=O) groups is 2. The number of carbonyl (C=O) groups excluding carboxylic acids is 2. The summed E-state index contributed by atoms with van der Waals surface area (Å²) < 4.78 is 0. The first kappa shape index (κ1) is 10.0. The Labute approximate surface area is 78.3 Å². The zero-order chi connectivity index (χ0) is 10.2. The number of rotatable bonds is 1. The monoisotopic (exact) mass is 184 g/mol. The van der Waals surface area contributed by atoms with E-state index in [1.165, 1.54) is 4.90 Å². The summed E-state index contributed by atoms with van der Waals surface area (Å²) in [4.78, 5) is 24.3. The smallest absolute Gasteiger partial charge is 0.324 e. The zero-order valence-corrected chi connectivity index (χ0v) is 8.50. The number of amides is 3. The average Bonchev–Trinajstić information content (AvgIpc) is 1.99. The van der Waals surface area contributed by atoms with E-state index in [0.29, 0.717) is 0 Å². The van der Waals surface area contributed by atoms with Gasteiger partial charge in [0.1, 0.15) is 0 Å². The lowest BCUT2D eigenvalue weighted by Crippen LogP contribution is -2.60. The van der Waals surface area contributed by atoms with E-state index in [1.807, 2.05) is 27.7 Å². The SMILES string of the molecule is CC1NC(=O)N(C(C)C)C(=O)C1C. The molecule has 1 aliphatic rings. The zero-order valence-electron chi connectivity index (χ0n) is 8.50. The van der Waals surface area contributed by atoms with Gasteiger partial charge in [-0.15, -0.1) is 0 Å². The number of hydrogen-bond donors (Lipinski definition) is 1. The van der Waals surface area contributed by atoms with Crippen LogP contribution in [0.5, 0.6) is 0 Å². The Kier molecular flexibility index (Phi) is 2.59. The minimum atomic E-state index is -0.273. The summed E-state index contributed by atoms with van der Waals surface area (Å²) in [5.41, 5.74) is 0. The second kappa shape index (κ2) is 3.36. The molecule has 74 valence electrons. The van der Waals surface area contributed by atoms with Crippen molar-refractivity contribution in [3.63, 3.8) is 0 Å². The predicted octanol–water partition coefficient (Wildman–Crippen LogP) is 0.971. The molecular formula is C9H16N2O2. The summed E-state index contributed by atoms with van der Waals surface area (Å²) in [7, 11) is 0. The van der Waals surface area contributed by atoms with Crippen molar-refractivity contribution in [3.8, 4) is 0 Å². The molecule has 0 saturated carbocycles. The van der Waals surface area contributed by atoms with Crippen molar-refractivity contribution < 1.29 is 9.59 Å². The minimum Gasteiger partial charge on any atom is -0.334 e. The molecule has 1 fully saturated rings. The number of urea groups is 1. The minimum absolute atomic E-state index is 0.0602. The maximum atomic E-state index is 11.7. The molecule has 1 heterocycles. The van der Waals surface area contributed by atoms with Gasteiger partial charge >= 0.3 is 6.03 Å². The first-order valence-corrected chi connectivity index (χ1v) is 4.58. The average molecular weight is 184 g/mol. The summed E-state index contributed by atoms with van der Waals surface area (Å²) in [5.74, 6) is -0.202. The molecule has 0 spiro atoms. The third kappa shape index (κ3) is 1.66. The lowest BCUT2D eigenvalue weighted by Gasteiger charge is -2.36. The highest BCUT2D eigenvalue weighted by atomic mass is 16.2. The van der Waals surface area contributed by atoms with Gasteiger partial charge in [0, 0.05) is 12.1 Å². The van der Waals surface area contributed by atoms with Crippen molar-refractivity contribution in [1.82, 2.24) is 10.2 Å². The molecule has 4 nitrogen and oxygen atoms in total. The van der Waals surface area contributed by atoms with E-state index in [-0.39, 0.29) is 29.9 Å². The lowest BCUT2D eigenvalue weighted by molar-refractivity contribution is -0.135. The van der Waals surface area contributed by atoms with E-state index >= 15 is 0 Å². The Morgan fingerprint density at radius 1 is 1.31 bits per heavy atom. The second-order valence-corrected chi connectivity index (χ2v) is 3.83. The van der Waals surface area contributed by atoms with Gasteiger partial charge in [0.15, 0.2) is 0 Å². The maximum absolute atomic E-state index is 11.7. The van der Waals surface area contributed by atoms with Crippen LogP contribution in [0.4, 0.5) is 4.79 Å². The molecule has 1 rings (SSSR count). The van der Waals surface area contributed by atoms with Crippen molar-refractivity contribution in [3.05, 3.63) is 0 Å². The van der Waals surface area contributed by atoms with Crippen LogP contribution in [0.15, 0.2) is 0 Å². The van der Waals surface area contributed by atoms with E-state index in [2.05, 4.69) is 5.32 Å². The Morgan fingerprint density at radius 2 is 1.85 bits per heavy atom. The van der Waals surface area contributed by atoms with Gasteiger partial charge in [0.05, 0.1) is 5.92 Å². The molecule has 1 saturated heterocycles. The lowest BCUT2D eigenvalue weighted by atomic mass is 9.99. The van der Waals surface area contributed by atoms with Gasteiger partial charge in [-0.3, -0.25) is 9.69 Å². The fraction of sp³-hybridized carbons (Fsp3) is 0.778. The number of nitrogens with one attached hydrogen (secondary N) is 1.